The van der Waals surface area contributed by atoms with Gasteiger partial charge in [0, 0.05) is 6.92 Å². The van der Waals surface area contributed by atoms with Gasteiger partial charge in [-0.3, -0.25) is 4.79 Å². The molecule has 0 saturated carbocycles. The van der Waals surface area contributed by atoms with Gasteiger partial charge in [-0.1, -0.05) is 20.8 Å². The number of aliphatic hydroxyl groups is 2. The molecule has 6 heteroatoms. The number of nitrogens with one attached hydrogen (secondary N) is 1. The van der Waals surface area contributed by atoms with Crippen LogP contribution in [0, 0.1) is 5.41 Å². The second-order valence-corrected chi connectivity index (χ2v) is 6.25. The zero-order chi connectivity index (χ0) is 15.5. The third-order valence-electron chi connectivity index (χ3n) is 3.81. The van der Waals surface area contributed by atoms with Crippen LogP contribution in [0.4, 0.5) is 0 Å². The highest BCUT2D eigenvalue weighted by atomic mass is 16.7. The van der Waals surface area contributed by atoms with E-state index < -0.39 is 30.6 Å². The van der Waals surface area contributed by atoms with E-state index in [4.69, 9.17) is 9.47 Å². The lowest BCUT2D eigenvalue weighted by Crippen LogP contribution is -2.63. The number of rotatable bonds is 5. The molecule has 0 aromatic rings. The Morgan fingerprint density at radius 1 is 1.35 bits per heavy atom. The van der Waals surface area contributed by atoms with Crippen LogP contribution in [0.1, 0.15) is 41.0 Å². The van der Waals surface area contributed by atoms with Crippen molar-refractivity contribution in [2.75, 3.05) is 6.61 Å². The van der Waals surface area contributed by atoms with Crippen molar-refractivity contribution in [2.24, 2.45) is 5.41 Å². The first-order valence-corrected chi connectivity index (χ1v) is 7.08. The molecular weight excluding hydrogens is 262 g/mol. The molecule has 1 aliphatic heterocycles. The highest BCUT2D eigenvalue weighted by Gasteiger charge is 2.44. The normalized spacial score (nSPS) is 34.9. The Morgan fingerprint density at radius 2 is 1.95 bits per heavy atom. The average molecular weight is 289 g/mol. The average Bonchev–Trinajstić information content (AvgIpc) is 2.37. The molecule has 118 valence electrons. The first kappa shape index (κ1) is 17.4. The SMILES string of the molecule is CCC(C)(C)COC1O[C@H](C)[C@H](O)[C@H](O)[C@H]1NC(C)=O. The van der Waals surface area contributed by atoms with E-state index in [0.717, 1.165) is 6.42 Å². The number of amides is 1. The van der Waals surface area contributed by atoms with E-state index in [0.29, 0.717) is 6.61 Å². The van der Waals surface area contributed by atoms with Crippen LogP contribution in [-0.2, 0) is 14.3 Å². The van der Waals surface area contributed by atoms with E-state index in [-0.39, 0.29) is 11.3 Å². The van der Waals surface area contributed by atoms with Gasteiger partial charge in [-0.05, 0) is 18.8 Å². The van der Waals surface area contributed by atoms with E-state index in [1.165, 1.54) is 6.92 Å². The first-order chi connectivity index (χ1) is 9.18. The molecule has 1 saturated heterocycles. The molecule has 0 bridgehead atoms. The molecule has 5 atom stereocenters. The standard InChI is InChI=1S/C14H27NO5/c1-6-14(4,5)7-19-13-10(15-9(3)16)12(18)11(17)8(2)20-13/h8,10-13,17-18H,6-7H2,1-5H3,(H,15,16)/t8-,10-,11+,12-,13?/m1/s1. The van der Waals surface area contributed by atoms with Crippen molar-refractivity contribution >= 4 is 5.91 Å². The lowest BCUT2D eigenvalue weighted by molar-refractivity contribution is -0.266. The van der Waals surface area contributed by atoms with Crippen molar-refractivity contribution in [1.29, 1.82) is 0 Å². The van der Waals surface area contributed by atoms with Gasteiger partial charge in [-0.2, -0.15) is 0 Å². The minimum Gasteiger partial charge on any atom is -0.388 e. The Hall–Kier alpha value is -0.690. The summed E-state index contributed by atoms with van der Waals surface area (Å²) in [6, 6.07) is -0.772. The van der Waals surface area contributed by atoms with E-state index in [1.54, 1.807) is 6.92 Å². The molecule has 0 radical (unpaired) electrons. The molecule has 1 heterocycles. The Bertz CT molecular complexity index is 334. The Morgan fingerprint density at radius 3 is 2.45 bits per heavy atom. The van der Waals surface area contributed by atoms with Gasteiger partial charge in [0.1, 0.15) is 18.2 Å². The van der Waals surface area contributed by atoms with Crippen molar-refractivity contribution in [2.45, 2.75) is 71.7 Å². The van der Waals surface area contributed by atoms with Crippen molar-refractivity contribution in [3.8, 4) is 0 Å². The van der Waals surface area contributed by atoms with E-state index in [1.807, 2.05) is 0 Å². The van der Waals surface area contributed by atoms with Gasteiger partial charge in [0.05, 0.1) is 12.7 Å². The number of aliphatic hydroxyl groups excluding tert-OH is 2. The summed E-state index contributed by atoms with van der Waals surface area (Å²) in [5, 5.41) is 22.5. The second-order valence-electron chi connectivity index (χ2n) is 6.25. The summed E-state index contributed by atoms with van der Waals surface area (Å²) in [6.45, 7) is 9.66. The Labute approximate surface area is 120 Å². The van der Waals surface area contributed by atoms with Gasteiger partial charge in [0.15, 0.2) is 6.29 Å². The minimum absolute atomic E-state index is 0.0195. The van der Waals surface area contributed by atoms with Crippen LogP contribution >= 0.6 is 0 Å². The van der Waals surface area contributed by atoms with Crippen LogP contribution in [0.3, 0.4) is 0 Å². The number of ether oxygens (including phenoxy) is 2. The smallest absolute Gasteiger partial charge is 0.217 e. The zero-order valence-electron chi connectivity index (χ0n) is 12.9. The highest BCUT2D eigenvalue weighted by Crippen LogP contribution is 2.26. The maximum atomic E-state index is 11.2. The summed E-state index contributed by atoms with van der Waals surface area (Å²) in [5.74, 6) is -0.303. The Balaban J connectivity index is 2.75. The molecule has 0 aromatic carbocycles. The van der Waals surface area contributed by atoms with Gasteiger partial charge in [0.2, 0.25) is 5.91 Å². The van der Waals surface area contributed by atoms with Gasteiger partial charge < -0.3 is 25.0 Å². The predicted molar refractivity (Wildman–Crippen MR) is 74.0 cm³/mol. The minimum atomic E-state index is -1.11. The van der Waals surface area contributed by atoms with E-state index in [2.05, 4.69) is 26.1 Å². The third kappa shape index (κ3) is 4.41. The molecule has 1 aliphatic rings. The molecule has 1 amide bonds. The molecule has 1 unspecified atom stereocenters. The quantitative estimate of drug-likeness (QED) is 0.682. The molecule has 3 N–H and O–H groups in total. The van der Waals surface area contributed by atoms with Crippen LogP contribution < -0.4 is 5.32 Å². The first-order valence-electron chi connectivity index (χ1n) is 7.08. The molecule has 20 heavy (non-hydrogen) atoms. The Kier molecular flexibility index (Phi) is 5.94. The highest BCUT2D eigenvalue weighted by molar-refractivity contribution is 5.73. The third-order valence-corrected chi connectivity index (χ3v) is 3.81. The summed E-state index contributed by atoms with van der Waals surface area (Å²) in [5.41, 5.74) is -0.0195. The summed E-state index contributed by atoms with van der Waals surface area (Å²) >= 11 is 0. The second kappa shape index (κ2) is 6.85. The van der Waals surface area contributed by atoms with Crippen molar-refractivity contribution in [1.82, 2.24) is 5.32 Å². The maximum Gasteiger partial charge on any atom is 0.217 e. The van der Waals surface area contributed by atoms with Gasteiger partial charge >= 0.3 is 0 Å². The molecule has 1 fully saturated rings. The fourth-order valence-corrected chi connectivity index (χ4v) is 1.97. The monoisotopic (exact) mass is 289 g/mol. The van der Waals surface area contributed by atoms with Gasteiger partial charge in [-0.15, -0.1) is 0 Å². The lowest BCUT2D eigenvalue weighted by Gasteiger charge is -2.42. The number of hydrogen-bond acceptors (Lipinski definition) is 5. The van der Waals surface area contributed by atoms with E-state index >= 15 is 0 Å². The largest absolute Gasteiger partial charge is 0.388 e. The van der Waals surface area contributed by atoms with Crippen LogP contribution in [0.25, 0.3) is 0 Å². The van der Waals surface area contributed by atoms with Crippen LogP contribution in [0.2, 0.25) is 0 Å². The lowest BCUT2D eigenvalue weighted by atomic mass is 9.91. The summed E-state index contributed by atoms with van der Waals surface area (Å²) in [4.78, 5) is 11.2. The van der Waals surface area contributed by atoms with Crippen LogP contribution in [0.15, 0.2) is 0 Å². The molecule has 6 nitrogen and oxygen atoms in total. The van der Waals surface area contributed by atoms with E-state index in [9.17, 15) is 15.0 Å². The number of hydrogen-bond donors (Lipinski definition) is 3. The zero-order valence-corrected chi connectivity index (χ0v) is 12.9. The molecule has 0 aliphatic carbocycles. The van der Waals surface area contributed by atoms with Gasteiger partial charge in [0.25, 0.3) is 0 Å². The summed E-state index contributed by atoms with van der Waals surface area (Å²) < 4.78 is 11.3. The maximum absolute atomic E-state index is 11.2. The fourth-order valence-electron chi connectivity index (χ4n) is 1.97. The van der Waals surface area contributed by atoms with Crippen molar-refractivity contribution < 1.29 is 24.5 Å². The number of carbonyl (C=O) groups excluding carboxylic acids is 1. The van der Waals surface area contributed by atoms with Crippen molar-refractivity contribution in [3.05, 3.63) is 0 Å². The predicted octanol–water partition coefficient (Wildman–Crippen LogP) is 0.410. The number of carbonyl (C=O) groups is 1. The van der Waals surface area contributed by atoms with Crippen LogP contribution in [0.5, 0.6) is 0 Å². The molecule has 1 rings (SSSR count). The summed E-state index contributed by atoms with van der Waals surface area (Å²) in [7, 11) is 0. The topological polar surface area (TPSA) is 88.0 Å². The molecule has 0 aromatic heterocycles. The van der Waals surface area contributed by atoms with Crippen LogP contribution in [-0.4, -0.2) is 53.4 Å². The molecular formula is C14H27NO5. The molecule has 0 spiro atoms. The fraction of sp³-hybridized carbons (Fsp3) is 0.929. The van der Waals surface area contributed by atoms with Gasteiger partial charge in [-0.25, -0.2) is 0 Å². The van der Waals surface area contributed by atoms with Crippen molar-refractivity contribution in [3.63, 3.8) is 0 Å². The summed E-state index contributed by atoms with van der Waals surface area (Å²) in [6.07, 6.45) is -2.54.